The molecule has 6 nitrogen and oxygen atoms in total. The molecule has 1 saturated heterocycles. The predicted molar refractivity (Wildman–Crippen MR) is 135 cm³/mol. The number of hydrogen-bond donors (Lipinski definition) is 2. The molecule has 0 atom stereocenters. The highest BCUT2D eigenvalue weighted by Crippen LogP contribution is 2.21. The van der Waals surface area contributed by atoms with E-state index >= 15 is 0 Å². The second-order valence-corrected chi connectivity index (χ2v) is 10.1. The fraction of sp³-hybridized carbons (Fsp3) is 0.476. The van der Waals surface area contributed by atoms with Gasteiger partial charge in [-0.05, 0) is 61.4 Å². The van der Waals surface area contributed by atoms with E-state index < -0.39 is 10.0 Å². The minimum absolute atomic E-state index is 0. The van der Waals surface area contributed by atoms with Crippen molar-refractivity contribution in [2.45, 2.75) is 51.1 Å². The zero-order chi connectivity index (χ0) is 20.7. The lowest BCUT2D eigenvalue weighted by molar-refractivity contribution is 0.346. The first-order valence-corrected chi connectivity index (χ1v) is 12.5. The van der Waals surface area contributed by atoms with Gasteiger partial charge in [-0.15, -0.1) is 35.3 Å². The number of guanidine groups is 1. The summed E-state index contributed by atoms with van der Waals surface area (Å²) in [5, 5.41) is 8.69. The van der Waals surface area contributed by atoms with Gasteiger partial charge in [-0.2, -0.15) is 4.31 Å². The van der Waals surface area contributed by atoms with Crippen molar-refractivity contribution >= 4 is 51.3 Å². The van der Waals surface area contributed by atoms with Crippen LogP contribution in [0, 0.1) is 6.92 Å². The number of hydrogen-bond acceptors (Lipinski definition) is 4. The number of thiophene rings is 1. The van der Waals surface area contributed by atoms with Crippen LogP contribution in [0.15, 0.2) is 45.6 Å². The van der Waals surface area contributed by atoms with Gasteiger partial charge < -0.3 is 10.6 Å². The molecular formula is C21H31IN4O2S2. The summed E-state index contributed by atoms with van der Waals surface area (Å²) in [6, 6.07) is 9.27. The summed E-state index contributed by atoms with van der Waals surface area (Å²) in [6.45, 7) is 7.26. The van der Waals surface area contributed by atoms with Crippen molar-refractivity contribution in [3.63, 3.8) is 0 Å². The Morgan fingerprint density at radius 3 is 2.60 bits per heavy atom. The Hall–Kier alpha value is -1.17. The molecular weight excluding hydrogens is 531 g/mol. The average Bonchev–Trinajstić information content (AvgIpc) is 3.15. The first kappa shape index (κ1) is 25.1. The molecule has 2 N–H and O–H groups in total. The maximum atomic E-state index is 12.9. The Balaban J connectivity index is 0.00000320. The zero-order valence-corrected chi connectivity index (χ0v) is 21.5. The number of nitrogens with zero attached hydrogens (tertiary/aromatic N) is 2. The molecule has 30 heavy (non-hydrogen) atoms. The van der Waals surface area contributed by atoms with Gasteiger partial charge in [0.25, 0.3) is 0 Å². The number of nitrogens with one attached hydrogen (secondary N) is 2. The highest BCUT2D eigenvalue weighted by molar-refractivity contribution is 14.0. The van der Waals surface area contributed by atoms with Gasteiger partial charge in [0.15, 0.2) is 5.96 Å². The summed E-state index contributed by atoms with van der Waals surface area (Å²) in [6.07, 6.45) is 2.97. The molecule has 0 saturated carbocycles. The molecule has 1 aromatic carbocycles. The smallest absolute Gasteiger partial charge is 0.243 e. The summed E-state index contributed by atoms with van der Waals surface area (Å²) in [5.41, 5.74) is 2.15. The maximum Gasteiger partial charge on any atom is 0.243 e. The zero-order valence-electron chi connectivity index (χ0n) is 17.6. The summed E-state index contributed by atoms with van der Waals surface area (Å²) in [5.74, 6) is 0.726. The number of benzene rings is 1. The Bertz CT molecular complexity index is 938. The Morgan fingerprint density at radius 1 is 1.17 bits per heavy atom. The molecule has 2 heterocycles. The van der Waals surface area contributed by atoms with Gasteiger partial charge in [-0.1, -0.05) is 18.6 Å². The molecule has 9 heteroatoms. The quantitative estimate of drug-likeness (QED) is 0.303. The highest BCUT2D eigenvalue weighted by Gasteiger charge is 2.25. The van der Waals surface area contributed by atoms with Crippen LogP contribution in [-0.4, -0.2) is 38.3 Å². The normalized spacial score (nSPS) is 15.5. The second kappa shape index (κ2) is 12.0. The number of aliphatic imine (C=N–C) groups is 1. The van der Waals surface area contributed by atoms with Crippen molar-refractivity contribution < 1.29 is 8.42 Å². The third-order valence-electron chi connectivity index (χ3n) is 5.00. The summed E-state index contributed by atoms with van der Waals surface area (Å²) < 4.78 is 27.4. The SMILES string of the molecule is CCNC(=NCc1cccc(S(=O)(=O)N2CCCCC2)c1)NCc1sccc1C.I. The minimum Gasteiger partial charge on any atom is -0.357 e. The van der Waals surface area contributed by atoms with E-state index in [0.29, 0.717) is 24.5 Å². The van der Waals surface area contributed by atoms with E-state index in [-0.39, 0.29) is 24.0 Å². The number of halogens is 1. The molecule has 1 aliphatic rings. The molecule has 1 aromatic heterocycles. The standard InChI is InChI=1S/C21H30N4O2S2.HI/c1-3-22-21(24-16-20-17(2)10-13-28-20)23-15-18-8-7-9-19(14-18)29(26,27)25-11-5-4-6-12-25;/h7-10,13-14H,3-6,11-12,15-16H2,1-2H3,(H2,22,23,24);1H. The maximum absolute atomic E-state index is 12.9. The third-order valence-corrected chi connectivity index (χ3v) is 7.92. The molecule has 0 aliphatic carbocycles. The molecule has 166 valence electrons. The fourth-order valence-electron chi connectivity index (χ4n) is 3.32. The van der Waals surface area contributed by atoms with Crippen molar-refractivity contribution in [3.05, 3.63) is 51.7 Å². The summed E-state index contributed by atoms with van der Waals surface area (Å²) in [7, 11) is -3.42. The molecule has 0 unspecified atom stereocenters. The van der Waals surface area contributed by atoms with Crippen molar-refractivity contribution in [1.82, 2.24) is 14.9 Å². The van der Waals surface area contributed by atoms with Crippen LogP contribution >= 0.6 is 35.3 Å². The number of rotatable bonds is 7. The largest absolute Gasteiger partial charge is 0.357 e. The number of sulfonamides is 1. The van der Waals surface area contributed by atoms with Crippen molar-refractivity contribution in [1.29, 1.82) is 0 Å². The van der Waals surface area contributed by atoms with Crippen LogP contribution < -0.4 is 10.6 Å². The van der Waals surface area contributed by atoms with E-state index in [1.165, 1.54) is 10.4 Å². The lowest BCUT2D eigenvalue weighted by Gasteiger charge is -2.26. The van der Waals surface area contributed by atoms with Gasteiger partial charge in [-0.25, -0.2) is 13.4 Å². The van der Waals surface area contributed by atoms with Gasteiger partial charge in [0.05, 0.1) is 18.0 Å². The van der Waals surface area contributed by atoms with Crippen LogP contribution in [0.3, 0.4) is 0 Å². The van der Waals surface area contributed by atoms with Gasteiger partial charge in [0.2, 0.25) is 10.0 Å². The monoisotopic (exact) mass is 562 g/mol. The lowest BCUT2D eigenvalue weighted by Crippen LogP contribution is -2.36. The highest BCUT2D eigenvalue weighted by atomic mass is 127. The van der Waals surface area contributed by atoms with Gasteiger partial charge in [0, 0.05) is 24.5 Å². The van der Waals surface area contributed by atoms with E-state index in [9.17, 15) is 8.42 Å². The van der Waals surface area contributed by atoms with Gasteiger partial charge >= 0.3 is 0 Å². The van der Waals surface area contributed by atoms with E-state index in [1.54, 1.807) is 33.8 Å². The first-order valence-electron chi connectivity index (χ1n) is 10.1. The van der Waals surface area contributed by atoms with E-state index in [4.69, 9.17) is 0 Å². The molecule has 0 spiro atoms. The summed E-state index contributed by atoms with van der Waals surface area (Å²) in [4.78, 5) is 6.28. The van der Waals surface area contributed by atoms with E-state index in [1.807, 2.05) is 13.0 Å². The first-order chi connectivity index (χ1) is 14.0. The molecule has 0 bridgehead atoms. The van der Waals surface area contributed by atoms with Gasteiger partial charge in [-0.3, -0.25) is 0 Å². The van der Waals surface area contributed by atoms with E-state index in [2.05, 4.69) is 34.0 Å². The van der Waals surface area contributed by atoms with Crippen LogP contribution in [0.5, 0.6) is 0 Å². The van der Waals surface area contributed by atoms with Gasteiger partial charge in [0.1, 0.15) is 0 Å². The summed E-state index contributed by atoms with van der Waals surface area (Å²) >= 11 is 1.73. The average molecular weight is 563 g/mol. The Labute approximate surface area is 201 Å². The Morgan fingerprint density at radius 2 is 1.93 bits per heavy atom. The molecule has 1 fully saturated rings. The van der Waals surface area contributed by atoms with Crippen molar-refractivity contribution in [3.8, 4) is 0 Å². The predicted octanol–water partition coefficient (Wildman–Crippen LogP) is 4.10. The number of piperidine rings is 1. The van der Waals surface area contributed by atoms with Crippen LogP contribution in [0.25, 0.3) is 0 Å². The van der Waals surface area contributed by atoms with Crippen LogP contribution in [-0.2, 0) is 23.1 Å². The van der Waals surface area contributed by atoms with Crippen LogP contribution in [0.4, 0.5) is 0 Å². The topological polar surface area (TPSA) is 73.8 Å². The van der Waals surface area contributed by atoms with Crippen molar-refractivity contribution in [2.24, 2.45) is 4.99 Å². The fourth-order valence-corrected chi connectivity index (χ4v) is 5.75. The second-order valence-electron chi connectivity index (χ2n) is 7.19. The molecule has 3 rings (SSSR count). The molecule has 0 amide bonds. The molecule has 0 radical (unpaired) electrons. The van der Waals surface area contributed by atoms with E-state index in [0.717, 1.165) is 43.9 Å². The van der Waals surface area contributed by atoms with Crippen LogP contribution in [0.1, 0.15) is 42.2 Å². The Kier molecular flexibility index (Phi) is 10.1. The lowest BCUT2D eigenvalue weighted by atomic mass is 10.2. The molecule has 2 aromatic rings. The third kappa shape index (κ3) is 6.66. The molecule has 1 aliphatic heterocycles. The number of aryl methyl sites for hydroxylation is 1. The van der Waals surface area contributed by atoms with Crippen LogP contribution in [0.2, 0.25) is 0 Å². The minimum atomic E-state index is -3.42. The van der Waals surface area contributed by atoms with Crippen molar-refractivity contribution in [2.75, 3.05) is 19.6 Å².